The van der Waals surface area contributed by atoms with E-state index in [1.54, 1.807) is 66.7 Å². The molecule has 0 radical (unpaired) electrons. The first kappa shape index (κ1) is 18.8. The fourth-order valence-corrected chi connectivity index (χ4v) is 3.20. The van der Waals surface area contributed by atoms with Gasteiger partial charge in [0.1, 0.15) is 11.3 Å². The van der Waals surface area contributed by atoms with E-state index in [1.807, 2.05) is 6.07 Å². The van der Waals surface area contributed by atoms with Crippen LogP contribution < -0.4 is 10.1 Å². The summed E-state index contributed by atoms with van der Waals surface area (Å²) in [5, 5.41) is 3.98. The normalized spacial score (nSPS) is 10.7. The number of nitrogens with one attached hydrogen (secondary N) is 1. The molecular weight excluding hydrogens is 390 g/mol. The Morgan fingerprint density at radius 3 is 2.38 bits per heavy atom. The first-order chi connectivity index (χ1) is 14.1. The van der Waals surface area contributed by atoms with Crippen LogP contribution in [-0.2, 0) is 0 Å². The number of fused-ring (bicyclic) bond motifs is 1. The summed E-state index contributed by atoms with van der Waals surface area (Å²) in [5.74, 6) is -0.271. The minimum absolute atomic E-state index is 0.0526. The third-order valence-electron chi connectivity index (χ3n) is 4.50. The molecule has 0 aliphatic carbocycles. The van der Waals surface area contributed by atoms with Gasteiger partial charge in [-0.2, -0.15) is 0 Å². The van der Waals surface area contributed by atoms with Gasteiger partial charge in [-0.15, -0.1) is 0 Å². The number of carbonyl (C=O) groups is 2. The maximum Gasteiger partial charge on any atom is 0.259 e. The third kappa shape index (κ3) is 3.60. The van der Waals surface area contributed by atoms with Crippen LogP contribution in [0.4, 0.5) is 5.69 Å². The van der Waals surface area contributed by atoms with Crippen molar-refractivity contribution in [3.05, 3.63) is 94.7 Å². The maximum atomic E-state index is 13.1. The van der Waals surface area contributed by atoms with E-state index in [9.17, 15) is 9.59 Å². The van der Waals surface area contributed by atoms with Gasteiger partial charge in [0.15, 0.2) is 5.76 Å². The fourth-order valence-electron chi connectivity index (χ4n) is 3.07. The second-order valence-corrected chi connectivity index (χ2v) is 6.73. The minimum Gasteiger partial charge on any atom is -0.496 e. The van der Waals surface area contributed by atoms with Crippen LogP contribution in [0.15, 0.2) is 77.2 Å². The molecule has 0 saturated heterocycles. The van der Waals surface area contributed by atoms with Crippen LogP contribution in [0.25, 0.3) is 11.0 Å². The molecule has 0 spiro atoms. The van der Waals surface area contributed by atoms with Crippen molar-refractivity contribution in [1.82, 2.24) is 0 Å². The molecule has 6 heteroatoms. The highest BCUT2D eigenvalue weighted by atomic mass is 35.5. The number of benzene rings is 3. The van der Waals surface area contributed by atoms with Crippen molar-refractivity contribution in [2.24, 2.45) is 0 Å². The summed E-state index contributed by atoms with van der Waals surface area (Å²) in [5.41, 5.74) is 1.57. The number of halogens is 1. The van der Waals surface area contributed by atoms with E-state index in [0.717, 1.165) is 0 Å². The Labute approximate surface area is 171 Å². The van der Waals surface area contributed by atoms with Crippen LogP contribution in [0.3, 0.4) is 0 Å². The van der Waals surface area contributed by atoms with Crippen molar-refractivity contribution in [2.45, 2.75) is 0 Å². The zero-order chi connectivity index (χ0) is 20.4. The van der Waals surface area contributed by atoms with Crippen LogP contribution >= 0.6 is 11.6 Å². The topological polar surface area (TPSA) is 68.5 Å². The number of amides is 1. The number of methoxy groups -OCH3 is 1. The number of rotatable bonds is 5. The summed E-state index contributed by atoms with van der Waals surface area (Å²) in [6.07, 6.45) is 0. The fraction of sp³-hybridized carbons (Fsp3) is 0.0435. The number of ether oxygens (including phenoxy) is 1. The molecule has 4 aromatic rings. The van der Waals surface area contributed by atoms with Crippen molar-refractivity contribution in [2.75, 3.05) is 12.4 Å². The Bertz CT molecular complexity index is 1210. The van der Waals surface area contributed by atoms with Crippen LogP contribution in [0, 0.1) is 0 Å². The van der Waals surface area contributed by atoms with E-state index in [1.165, 1.54) is 7.11 Å². The molecule has 5 nitrogen and oxygen atoms in total. The first-order valence-corrected chi connectivity index (χ1v) is 9.22. The SMILES string of the molecule is COc1ccccc1C(=O)Nc1c(C(=O)c2ccc(Cl)cc2)oc2ccccc12. The van der Waals surface area contributed by atoms with Gasteiger partial charge in [0, 0.05) is 16.0 Å². The summed E-state index contributed by atoms with van der Waals surface area (Å²) < 4.78 is 11.1. The van der Waals surface area contributed by atoms with E-state index in [2.05, 4.69) is 5.32 Å². The predicted molar refractivity (Wildman–Crippen MR) is 112 cm³/mol. The lowest BCUT2D eigenvalue weighted by atomic mass is 10.1. The number of ketones is 1. The Balaban J connectivity index is 1.79. The monoisotopic (exact) mass is 405 g/mol. The number of hydrogen-bond acceptors (Lipinski definition) is 4. The maximum absolute atomic E-state index is 13.1. The number of para-hydroxylation sites is 2. The van der Waals surface area contributed by atoms with E-state index in [0.29, 0.717) is 38.6 Å². The van der Waals surface area contributed by atoms with Crippen LogP contribution in [0.1, 0.15) is 26.5 Å². The highest BCUT2D eigenvalue weighted by molar-refractivity contribution is 6.30. The average molecular weight is 406 g/mol. The van der Waals surface area contributed by atoms with E-state index < -0.39 is 5.91 Å². The molecule has 1 heterocycles. The van der Waals surface area contributed by atoms with E-state index in [-0.39, 0.29) is 11.5 Å². The molecule has 1 N–H and O–H groups in total. The number of carbonyl (C=O) groups excluding carboxylic acids is 2. The highest BCUT2D eigenvalue weighted by Gasteiger charge is 2.24. The number of anilines is 1. The Kier molecular flexibility index (Phi) is 5.06. The van der Waals surface area contributed by atoms with Gasteiger partial charge in [0.05, 0.1) is 18.4 Å². The molecule has 3 aromatic carbocycles. The zero-order valence-corrected chi connectivity index (χ0v) is 16.2. The molecule has 0 unspecified atom stereocenters. The smallest absolute Gasteiger partial charge is 0.259 e. The van der Waals surface area contributed by atoms with Crippen LogP contribution in [0.2, 0.25) is 5.02 Å². The van der Waals surface area contributed by atoms with Gasteiger partial charge in [-0.25, -0.2) is 0 Å². The second-order valence-electron chi connectivity index (χ2n) is 6.29. The van der Waals surface area contributed by atoms with Crippen LogP contribution in [0.5, 0.6) is 5.75 Å². The molecule has 4 rings (SSSR count). The summed E-state index contributed by atoms with van der Waals surface area (Å²) in [4.78, 5) is 26.0. The van der Waals surface area contributed by atoms with Crippen molar-refractivity contribution < 1.29 is 18.7 Å². The van der Waals surface area contributed by atoms with Crippen molar-refractivity contribution in [1.29, 1.82) is 0 Å². The van der Waals surface area contributed by atoms with E-state index >= 15 is 0 Å². The largest absolute Gasteiger partial charge is 0.496 e. The standard InChI is InChI=1S/C23H16ClNO4/c1-28-18-8-4-3-7-17(18)23(27)25-20-16-6-2-5-9-19(16)29-22(20)21(26)14-10-12-15(24)13-11-14/h2-13H,1H3,(H,25,27). The van der Waals surface area contributed by atoms with Gasteiger partial charge in [0.2, 0.25) is 5.78 Å². The number of furan rings is 1. The molecule has 0 aliphatic rings. The quantitative estimate of drug-likeness (QED) is 0.440. The van der Waals surface area contributed by atoms with Crippen molar-refractivity contribution in [3.63, 3.8) is 0 Å². The minimum atomic E-state index is -0.404. The third-order valence-corrected chi connectivity index (χ3v) is 4.75. The first-order valence-electron chi connectivity index (χ1n) is 8.84. The highest BCUT2D eigenvalue weighted by Crippen LogP contribution is 2.33. The van der Waals surface area contributed by atoms with Gasteiger partial charge in [0.25, 0.3) is 5.91 Å². The van der Waals surface area contributed by atoms with Crippen molar-refractivity contribution in [3.8, 4) is 5.75 Å². The molecule has 1 aromatic heterocycles. The molecular formula is C23H16ClNO4. The van der Waals surface area contributed by atoms with Gasteiger partial charge in [-0.05, 0) is 48.5 Å². The van der Waals surface area contributed by atoms with E-state index in [4.69, 9.17) is 20.8 Å². The Morgan fingerprint density at radius 2 is 1.62 bits per heavy atom. The second kappa shape index (κ2) is 7.81. The van der Waals surface area contributed by atoms with Gasteiger partial charge >= 0.3 is 0 Å². The molecule has 0 atom stereocenters. The molecule has 0 aliphatic heterocycles. The van der Waals surface area contributed by atoms with Gasteiger partial charge < -0.3 is 14.5 Å². The molecule has 144 valence electrons. The molecule has 0 fully saturated rings. The molecule has 1 amide bonds. The summed E-state index contributed by atoms with van der Waals surface area (Å²) >= 11 is 5.92. The average Bonchev–Trinajstić information content (AvgIpc) is 3.12. The van der Waals surface area contributed by atoms with Crippen molar-refractivity contribution >= 4 is 39.9 Å². The van der Waals surface area contributed by atoms with Gasteiger partial charge in [-0.3, -0.25) is 9.59 Å². The summed E-state index contributed by atoms with van der Waals surface area (Å²) in [6.45, 7) is 0. The lowest BCUT2D eigenvalue weighted by Gasteiger charge is -2.09. The lowest BCUT2D eigenvalue weighted by molar-refractivity contribution is 0.101. The lowest BCUT2D eigenvalue weighted by Crippen LogP contribution is -2.15. The predicted octanol–water partition coefficient (Wildman–Crippen LogP) is 5.58. The molecule has 29 heavy (non-hydrogen) atoms. The molecule has 0 bridgehead atoms. The Morgan fingerprint density at radius 1 is 0.931 bits per heavy atom. The van der Waals surface area contributed by atoms with Crippen LogP contribution in [-0.4, -0.2) is 18.8 Å². The Hall–Kier alpha value is -3.57. The number of hydrogen-bond donors (Lipinski definition) is 1. The summed E-state index contributed by atoms with van der Waals surface area (Å²) in [7, 11) is 1.49. The van der Waals surface area contributed by atoms with Gasteiger partial charge in [-0.1, -0.05) is 35.9 Å². The zero-order valence-electron chi connectivity index (χ0n) is 15.4. The molecule has 0 saturated carbocycles. The summed E-state index contributed by atoms with van der Waals surface area (Å²) in [6, 6.07) is 20.5.